The Kier molecular flexibility index (Phi) is 8.21. The lowest BCUT2D eigenvalue weighted by Crippen LogP contribution is -2.09. The van der Waals surface area contributed by atoms with Crippen molar-refractivity contribution in [3.05, 3.63) is 93.6 Å². The molecule has 6 heteroatoms. The van der Waals surface area contributed by atoms with Gasteiger partial charge in [0.1, 0.15) is 11.5 Å². The van der Waals surface area contributed by atoms with Crippen molar-refractivity contribution in [2.75, 3.05) is 19.5 Å². The van der Waals surface area contributed by atoms with Crippen LogP contribution in [0.2, 0.25) is 0 Å². The van der Waals surface area contributed by atoms with Crippen LogP contribution in [0.4, 0.5) is 0 Å². The molecule has 0 atom stereocenters. The number of carboxylic acid groups (broad SMARTS) is 1. The van der Waals surface area contributed by atoms with Crippen LogP contribution in [0, 0.1) is 3.57 Å². The third-order valence-corrected chi connectivity index (χ3v) is 6.53. The Morgan fingerprint density at radius 3 is 2.50 bits per heavy atom. The van der Waals surface area contributed by atoms with Gasteiger partial charge in [0.25, 0.3) is 0 Å². The van der Waals surface area contributed by atoms with Crippen LogP contribution >= 0.6 is 34.4 Å². The SMILES string of the molecule is COc1ccccc1/C(=C\CSc1ccc(OCC(=O)O)cc1I)c1ccccc1. The lowest BCUT2D eigenvalue weighted by Gasteiger charge is -2.13. The highest BCUT2D eigenvalue weighted by Gasteiger charge is 2.11. The van der Waals surface area contributed by atoms with Crippen LogP contribution in [0.15, 0.2) is 83.8 Å². The molecule has 0 heterocycles. The lowest BCUT2D eigenvalue weighted by atomic mass is 9.97. The van der Waals surface area contributed by atoms with Crippen molar-refractivity contribution in [3.8, 4) is 11.5 Å². The zero-order valence-corrected chi connectivity index (χ0v) is 19.4. The molecule has 1 N–H and O–H groups in total. The molecule has 0 bridgehead atoms. The first-order valence-corrected chi connectivity index (χ1v) is 11.3. The maximum atomic E-state index is 10.7. The fourth-order valence-corrected chi connectivity index (χ4v) is 4.66. The topological polar surface area (TPSA) is 55.8 Å². The minimum atomic E-state index is -0.988. The number of carbonyl (C=O) groups is 1. The van der Waals surface area contributed by atoms with E-state index in [9.17, 15) is 4.79 Å². The molecule has 0 aromatic heterocycles. The van der Waals surface area contributed by atoms with E-state index in [1.165, 1.54) is 0 Å². The summed E-state index contributed by atoms with van der Waals surface area (Å²) in [7, 11) is 1.69. The van der Waals surface area contributed by atoms with E-state index in [0.29, 0.717) is 5.75 Å². The zero-order chi connectivity index (χ0) is 21.3. The quantitative estimate of drug-likeness (QED) is 0.271. The monoisotopic (exact) mass is 532 g/mol. The van der Waals surface area contributed by atoms with E-state index in [1.54, 1.807) is 24.9 Å². The third-order valence-electron chi connectivity index (χ3n) is 4.27. The fourth-order valence-electron chi connectivity index (χ4n) is 2.92. The first-order valence-electron chi connectivity index (χ1n) is 9.24. The summed E-state index contributed by atoms with van der Waals surface area (Å²) in [5.41, 5.74) is 3.31. The number of halogens is 1. The molecule has 4 nitrogen and oxygen atoms in total. The van der Waals surface area contributed by atoms with Gasteiger partial charge in [0.05, 0.1) is 7.11 Å². The minimum Gasteiger partial charge on any atom is -0.496 e. The highest BCUT2D eigenvalue weighted by atomic mass is 127. The van der Waals surface area contributed by atoms with Gasteiger partial charge >= 0.3 is 5.97 Å². The van der Waals surface area contributed by atoms with Crippen molar-refractivity contribution >= 4 is 45.9 Å². The molecule has 0 aliphatic rings. The fraction of sp³-hybridized carbons (Fsp3) is 0.125. The van der Waals surface area contributed by atoms with Crippen LogP contribution in [-0.4, -0.2) is 30.5 Å². The molecule has 0 spiro atoms. The minimum absolute atomic E-state index is 0.343. The van der Waals surface area contributed by atoms with Gasteiger partial charge < -0.3 is 14.6 Å². The standard InChI is InChI=1S/C24H21IO4S/c1-28-22-10-6-5-9-20(22)19(17-7-3-2-4-8-17)13-14-30-23-12-11-18(15-21(23)25)29-16-24(26)27/h2-13,15H,14,16H2,1H3,(H,26,27)/b19-13-. The normalized spacial score (nSPS) is 11.2. The summed E-state index contributed by atoms with van der Waals surface area (Å²) < 4.78 is 11.8. The largest absolute Gasteiger partial charge is 0.496 e. The molecule has 3 rings (SSSR count). The van der Waals surface area contributed by atoms with Crippen molar-refractivity contribution in [3.63, 3.8) is 0 Å². The molecule has 0 aliphatic carbocycles. The van der Waals surface area contributed by atoms with Gasteiger partial charge in [-0.3, -0.25) is 0 Å². The maximum absolute atomic E-state index is 10.7. The Balaban J connectivity index is 1.81. The van der Waals surface area contributed by atoms with E-state index in [1.807, 2.05) is 48.5 Å². The van der Waals surface area contributed by atoms with Crippen LogP contribution < -0.4 is 9.47 Å². The van der Waals surface area contributed by atoms with Crippen LogP contribution in [0.25, 0.3) is 5.57 Å². The van der Waals surface area contributed by atoms with Gasteiger partial charge in [0.15, 0.2) is 6.61 Å². The van der Waals surface area contributed by atoms with Gasteiger partial charge in [-0.05, 0) is 58.0 Å². The summed E-state index contributed by atoms with van der Waals surface area (Å²) >= 11 is 3.96. The average molecular weight is 532 g/mol. The third kappa shape index (κ3) is 6.03. The number of thioether (sulfide) groups is 1. The van der Waals surface area contributed by atoms with E-state index >= 15 is 0 Å². The lowest BCUT2D eigenvalue weighted by molar-refractivity contribution is -0.139. The van der Waals surface area contributed by atoms with Crippen molar-refractivity contribution in [1.29, 1.82) is 0 Å². The summed E-state index contributed by atoms with van der Waals surface area (Å²) in [6.45, 7) is -0.343. The van der Waals surface area contributed by atoms with E-state index in [2.05, 4.69) is 46.9 Å². The average Bonchev–Trinajstić information content (AvgIpc) is 2.77. The number of carboxylic acids is 1. The Labute approximate surface area is 194 Å². The molecule has 3 aromatic rings. The Morgan fingerprint density at radius 2 is 1.80 bits per heavy atom. The van der Waals surface area contributed by atoms with Gasteiger partial charge in [0, 0.05) is 19.8 Å². The molecular formula is C24H21IO4S. The number of hydrogen-bond donors (Lipinski definition) is 1. The number of hydrogen-bond acceptors (Lipinski definition) is 4. The first kappa shape index (κ1) is 22.2. The number of benzene rings is 3. The van der Waals surface area contributed by atoms with Crippen molar-refractivity contribution in [1.82, 2.24) is 0 Å². The number of aliphatic carboxylic acids is 1. The predicted molar refractivity (Wildman–Crippen MR) is 130 cm³/mol. The summed E-state index contributed by atoms with van der Waals surface area (Å²) in [5, 5.41) is 8.75. The van der Waals surface area contributed by atoms with E-state index in [0.717, 1.165) is 36.7 Å². The molecule has 3 aromatic carbocycles. The van der Waals surface area contributed by atoms with E-state index in [4.69, 9.17) is 14.6 Å². The van der Waals surface area contributed by atoms with Crippen LogP contribution in [0.1, 0.15) is 11.1 Å². The molecule has 30 heavy (non-hydrogen) atoms. The summed E-state index contributed by atoms with van der Waals surface area (Å²) in [4.78, 5) is 11.8. The van der Waals surface area contributed by atoms with E-state index in [-0.39, 0.29) is 6.61 Å². The predicted octanol–water partition coefficient (Wildman–Crippen LogP) is 5.99. The van der Waals surface area contributed by atoms with Crippen LogP contribution in [0.3, 0.4) is 0 Å². The smallest absolute Gasteiger partial charge is 0.341 e. The Hall–Kier alpha value is -2.45. The van der Waals surface area contributed by atoms with Gasteiger partial charge in [-0.15, -0.1) is 11.8 Å². The molecule has 0 amide bonds. The van der Waals surface area contributed by atoms with Crippen LogP contribution in [-0.2, 0) is 4.79 Å². The van der Waals surface area contributed by atoms with Gasteiger partial charge in [-0.1, -0.05) is 54.6 Å². The van der Waals surface area contributed by atoms with Gasteiger partial charge in [-0.25, -0.2) is 4.79 Å². The number of ether oxygens (including phenoxy) is 2. The molecule has 0 saturated heterocycles. The summed E-state index contributed by atoms with van der Waals surface area (Å²) in [6.07, 6.45) is 2.21. The van der Waals surface area contributed by atoms with Crippen molar-refractivity contribution in [2.24, 2.45) is 0 Å². The summed E-state index contributed by atoms with van der Waals surface area (Å²) in [6, 6.07) is 23.9. The second-order valence-corrected chi connectivity index (χ2v) is 8.49. The van der Waals surface area contributed by atoms with E-state index < -0.39 is 5.97 Å². The second kappa shape index (κ2) is 11.1. The Morgan fingerprint density at radius 1 is 1.07 bits per heavy atom. The van der Waals surface area contributed by atoms with Crippen molar-refractivity contribution < 1.29 is 19.4 Å². The maximum Gasteiger partial charge on any atom is 0.341 e. The number of rotatable bonds is 9. The molecule has 0 saturated carbocycles. The summed E-state index contributed by atoms with van der Waals surface area (Å²) in [5.74, 6) is 1.18. The second-order valence-electron chi connectivity index (χ2n) is 6.27. The van der Waals surface area contributed by atoms with Gasteiger partial charge in [-0.2, -0.15) is 0 Å². The molecular weight excluding hydrogens is 511 g/mol. The molecule has 0 fully saturated rings. The highest BCUT2D eigenvalue weighted by molar-refractivity contribution is 14.1. The first-order chi connectivity index (χ1) is 14.6. The zero-order valence-electron chi connectivity index (χ0n) is 16.4. The number of para-hydroxylation sites is 1. The van der Waals surface area contributed by atoms with Crippen molar-refractivity contribution in [2.45, 2.75) is 4.90 Å². The molecule has 0 radical (unpaired) electrons. The van der Waals surface area contributed by atoms with Gasteiger partial charge in [0.2, 0.25) is 0 Å². The molecule has 154 valence electrons. The highest BCUT2D eigenvalue weighted by Crippen LogP contribution is 2.33. The van der Waals surface area contributed by atoms with Crippen LogP contribution in [0.5, 0.6) is 11.5 Å². The Bertz CT molecular complexity index is 1030. The number of methoxy groups -OCH3 is 1. The molecule has 0 unspecified atom stereocenters. The molecule has 0 aliphatic heterocycles.